The monoisotopic (exact) mass is 307 g/mol. The molecule has 0 atom stereocenters. The van der Waals surface area contributed by atoms with E-state index in [1.165, 1.54) is 12.1 Å². The zero-order valence-corrected chi connectivity index (χ0v) is 12.0. The van der Waals surface area contributed by atoms with E-state index >= 15 is 0 Å². The molecule has 0 radical (unpaired) electrons. The van der Waals surface area contributed by atoms with Gasteiger partial charge in [-0.15, -0.1) is 0 Å². The van der Waals surface area contributed by atoms with Gasteiger partial charge >= 0.3 is 11.6 Å². The van der Waals surface area contributed by atoms with E-state index in [1.807, 2.05) is 18.2 Å². The number of anilines is 2. The Kier molecular flexibility index (Phi) is 3.93. The quantitative estimate of drug-likeness (QED) is 0.568. The topological polar surface area (TPSA) is 79.5 Å². The molecule has 0 aliphatic carbocycles. The molecule has 114 valence electrons. The molecule has 3 aromatic rings. The van der Waals surface area contributed by atoms with Gasteiger partial charge in [0.05, 0.1) is 5.69 Å². The molecule has 1 heterocycles. The summed E-state index contributed by atoms with van der Waals surface area (Å²) in [4.78, 5) is 22.2. The van der Waals surface area contributed by atoms with Crippen LogP contribution in [0.2, 0.25) is 0 Å². The van der Waals surface area contributed by atoms with E-state index < -0.39 is 11.6 Å². The van der Waals surface area contributed by atoms with Crippen molar-refractivity contribution in [1.82, 2.24) is 0 Å². The van der Waals surface area contributed by atoms with E-state index in [0.717, 1.165) is 22.7 Å². The van der Waals surface area contributed by atoms with E-state index in [9.17, 15) is 9.59 Å². The minimum atomic E-state index is -1.00. The molecular formula is C18H13NO4. The van der Waals surface area contributed by atoms with Crippen LogP contribution < -0.4 is 10.9 Å². The number of carbonyl (C=O) groups is 1. The maximum absolute atomic E-state index is 11.7. The van der Waals surface area contributed by atoms with Gasteiger partial charge in [0, 0.05) is 23.2 Å². The number of aliphatic carboxylic acids is 1. The van der Waals surface area contributed by atoms with Crippen LogP contribution in [0.25, 0.3) is 17.0 Å². The summed E-state index contributed by atoms with van der Waals surface area (Å²) in [5, 5.41) is 12.6. The summed E-state index contributed by atoms with van der Waals surface area (Å²) in [6.45, 7) is 0. The summed E-state index contributed by atoms with van der Waals surface area (Å²) in [7, 11) is 0. The number of hydrogen-bond acceptors (Lipinski definition) is 4. The van der Waals surface area contributed by atoms with E-state index in [2.05, 4.69) is 5.32 Å². The van der Waals surface area contributed by atoms with Crippen LogP contribution in [-0.4, -0.2) is 11.1 Å². The molecule has 0 fully saturated rings. The molecule has 0 aliphatic rings. The Hall–Kier alpha value is -3.34. The Morgan fingerprint density at radius 2 is 1.91 bits per heavy atom. The lowest BCUT2D eigenvalue weighted by atomic mass is 10.1. The Morgan fingerprint density at radius 1 is 1.09 bits per heavy atom. The van der Waals surface area contributed by atoms with Gasteiger partial charge in [-0.1, -0.05) is 24.3 Å². The average Bonchev–Trinajstić information content (AvgIpc) is 2.53. The average molecular weight is 307 g/mol. The van der Waals surface area contributed by atoms with Crippen molar-refractivity contribution < 1.29 is 14.3 Å². The first kappa shape index (κ1) is 14.6. The zero-order chi connectivity index (χ0) is 16.2. The summed E-state index contributed by atoms with van der Waals surface area (Å²) in [6, 6.07) is 15.9. The normalized spacial score (nSPS) is 11.0. The highest BCUT2D eigenvalue weighted by Gasteiger charge is 2.05. The smallest absolute Gasteiger partial charge is 0.338 e. The summed E-state index contributed by atoms with van der Waals surface area (Å²) in [5.41, 5.74) is 2.19. The van der Waals surface area contributed by atoms with Gasteiger partial charge in [0.2, 0.25) is 0 Å². The van der Waals surface area contributed by atoms with Crippen LogP contribution in [0, 0.1) is 0 Å². The van der Waals surface area contributed by atoms with Crippen molar-refractivity contribution in [2.24, 2.45) is 0 Å². The number of carboxylic acid groups (broad SMARTS) is 1. The minimum absolute atomic E-state index is 0.437. The fourth-order valence-electron chi connectivity index (χ4n) is 2.26. The van der Waals surface area contributed by atoms with Crippen molar-refractivity contribution in [2.45, 2.75) is 0 Å². The molecule has 0 amide bonds. The van der Waals surface area contributed by atoms with Gasteiger partial charge in [-0.25, -0.2) is 9.59 Å². The molecule has 0 unspecified atom stereocenters. The molecule has 1 aromatic heterocycles. The summed E-state index contributed by atoms with van der Waals surface area (Å²) >= 11 is 0. The number of rotatable bonds is 4. The molecule has 2 N–H and O–H groups in total. The molecule has 0 spiro atoms. The first-order valence-electron chi connectivity index (χ1n) is 6.93. The second kappa shape index (κ2) is 6.19. The second-order valence-corrected chi connectivity index (χ2v) is 4.90. The van der Waals surface area contributed by atoms with Crippen LogP contribution in [-0.2, 0) is 4.79 Å². The third-order valence-corrected chi connectivity index (χ3v) is 3.23. The van der Waals surface area contributed by atoms with Crippen molar-refractivity contribution in [3.05, 3.63) is 76.7 Å². The lowest BCUT2D eigenvalue weighted by Gasteiger charge is -2.09. The van der Waals surface area contributed by atoms with Crippen LogP contribution >= 0.6 is 0 Å². The second-order valence-electron chi connectivity index (χ2n) is 4.90. The third kappa shape index (κ3) is 3.47. The van der Waals surface area contributed by atoms with Crippen LogP contribution in [0.4, 0.5) is 11.4 Å². The fraction of sp³-hybridized carbons (Fsp3) is 0. The van der Waals surface area contributed by atoms with Gasteiger partial charge in [-0.2, -0.15) is 0 Å². The summed E-state index contributed by atoms with van der Waals surface area (Å²) in [5.74, 6) is -1.00. The highest BCUT2D eigenvalue weighted by molar-refractivity contribution is 5.91. The predicted molar refractivity (Wildman–Crippen MR) is 88.9 cm³/mol. The maximum atomic E-state index is 11.7. The Bertz CT molecular complexity index is 956. The van der Waals surface area contributed by atoms with E-state index in [1.54, 1.807) is 30.3 Å². The molecule has 0 bridgehead atoms. The number of nitrogens with one attached hydrogen (secondary N) is 1. The number of para-hydroxylation sites is 1. The summed E-state index contributed by atoms with van der Waals surface area (Å²) < 4.78 is 5.16. The Labute approximate surface area is 131 Å². The molecule has 0 aliphatic heterocycles. The van der Waals surface area contributed by atoms with Gasteiger partial charge < -0.3 is 14.8 Å². The molecule has 23 heavy (non-hydrogen) atoms. The van der Waals surface area contributed by atoms with E-state index in [0.29, 0.717) is 11.3 Å². The van der Waals surface area contributed by atoms with Gasteiger partial charge in [-0.05, 0) is 35.9 Å². The van der Waals surface area contributed by atoms with Crippen LogP contribution in [0.1, 0.15) is 5.56 Å². The molecule has 0 saturated heterocycles. The molecule has 5 heteroatoms. The highest BCUT2D eigenvalue weighted by atomic mass is 16.4. The van der Waals surface area contributed by atoms with Gasteiger partial charge in [0.1, 0.15) is 5.58 Å². The molecular weight excluding hydrogens is 294 g/mol. The predicted octanol–water partition coefficient (Wildman–Crippen LogP) is 3.63. The van der Waals surface area contributed by atoms with Gasteiger partial charge in [-0.3, -0.25) is 0 Å². The third-order valence-electron chi connectivity index (χ3n) is 3.23. The molecule has 5 nitrogen and oxygen atoms in total. The maximum Gasteiger partial charge on any atom is 0.338 e. The number of hydrogen-bond donors (Lipinski definition) is 2. The molecule has 3 rings (SSSR count). The van der Waals surface area contributed by atoms with Crippen LogP contribution in [0.3, 0.4) is 0 Å². The number of carboxylic acids is 1. The van der Waals surface area contributed by atoms with E-state index in [-0.39, 0.29) is 0 Å². The summed E-state index contributed by atoms with van der Waals surface area (Å²) in [6.07, 6.45) is 2.58. The Balaban J connectivity index is 1.98. The lowest BCUT2D eigenvalue weighted by Crippen LogP contribution is -2.01. The Morgan fingerprint density at radius 3 is 2.74 bits per heavy atom. The van der Waals surface area contributed by atoms with Gasteiger partial charge in [0.15, 0.2) is 0 Å². The first-order chi connectivity index (χ1) is 11.1. The largest absolute Gasteiger partial charge is 0.478 e. The standard InChI is InChI=1S/C18H13NO4/c20-17(21)9-8-12-4-3-5-13(10-12)19-15-11-18(22)23-16-7-2-1-6-14(15)16/h1-11,19H,(H,20,21). The van der Waals surface area contributed by atoms with Gasteiger partial charge in [0.25, 0.3) is 0 Å². The number of fused-ring (bicyclic) bond motifs is 1. The lowest BCUT2D eigenvalue weighted by molar-refractivity contribution is -0.131. The van der Waals surface area contributed by atoms with Crippen LogP contribution in [0.5, 0.6) is 0 Å². The van der Waals surface area contributed by atoms with Crippen LogP contribution in [0.15, 0.2) is 69.9 Å². The van der Waals surface area contributed by atoms with Crippen molar-refractivity contribution in [1.29, 1.82) is 0 Å². The first-order valence-corrected chi connectivity index (χ1v) is 6.93. The zero-order valence-electron chi connectivity index (χ0n) is 12.0. The fourth-order valence-corrected chi connectivity index (χ4v) is 2.26. The molecule has 0 saturated carbocycles. The molecule has 2 aromatic carbocycles. The number of benzene rings is 2. The van der Waals surface area contributed by atoms with Crippen molar-refractivity contribution in [2.75, 3.05) is 5.32 Å². The van der Waals surface area contributed by atoms with Crippen molar-refractivity contribution >= 4 is 34.4 Å². The van der Waals surface area contributed by atoms with Crippen molar-refractivity contribution in [3.63, 3.8) is 0 Å². The minimum Gasteiger partial charge on any atom is -0.478 e. The highest BCUT2D eigenvalue weighted by Crippen LogP contribution is 2.25. The van der Waals surface area contributed by atoms with E-state index in [4.69, 9.17) is 9.52 Å². The van der Waals surface area contributed by atoms with Crippen molar-refractivity contribution in [3.8, 4) is 0 Å². The SMILES string of the molecule is O=C(O)C=Cc1cccc(Nc2cc(=O)oc3ccccc23)c1.